The van der Waals surface area contributed by atoms with Crippen LogP contribution in [-0.2, 0) is 16.1 Å². The normalized spacial score (nSPS) is 15.6. The predicted octanol–water partition coefficient (Wildman–Crippen LogP) is 6.21. The molecule has 2 heterocycles. The maximum atomic E-state index is 13.5. The van der Waals surface area contributed by atoms with E-state index in [1.807, 2.05) is 78.4 Å². The fourth-order valence-electron chi connectivity index (χ4n) is 4.78. The minimum atomic E-state index is -0.755. The number of benzene rings is 3. The molecule has 1 aliphatic heterocycles. The molecule has 1 atom stereocenters. The Labute approximate surface area is 227 Å². The Morgan fingerprint density at radius 2 is 1.74 bits per heavy atom. The van der Waals surface area contributed by atoms with Crippen LogP contribution in [0.25, 0.3) is 17.0 Å². The van der Waals surface area contributed by atoms with Gasteiger partial charge in [-0.15, -0.1) is 0 Å². The summed E-state index contributed by atoms with van der Waals surface area (Å²) in [6.45, 7) is 7.28. The average Bonchev–Trinajstić information content (AvgIpc) is 3.28. The minimum Gasteiger partial charge on any atom is -0.492 e. The lowest BCUT2D eigenvalue weighted by Crippen LogP contribution is -2.54. The summed E-state index contributed by atoms with van der Waals surface area (Å²) in [7, 11) is 0. The third-order valence-corrected chi connectivity index (χ3v) is 7.14. The van der Waals surface area contributed by atoms with Crippen molar-refractivity contribution in [3.8, 4) is 5.75 Å². The number of hydrogen-bond acceptors (Lipinski definition) is 4. The topological polar surface area (TPSA) is 80.6 Å². The molecule has 7 heteroatoms. The third-order valence-electron chi connectivity index (χ3n) is 7.14. The summed E-state index contributed by atoms with van der Waals surface area (Å²) in [4.78, 5) is 40.0. The Hall–Kier alpha value is -4.65. The van der Waals surface area contributed by atoms with Crippen LogP contribution in [-0.4, -0.2) is 29.0 Å². The monoisotopic (exact) mass is 521 g/mol. The van der Waals surface area contributed by atoms with Crippen LogP contribution in [0.15, 0.2) is 84.6 Å². The highest BCUT2D eigenvalue weighted by atomic mass is 16.5. The van der Waals surface area contributed by atoms with E-state index in [0.717, 1.165) is 39.1 Å². The number of barbiturate groups is 1. The number of imide groups is 2. The summed E-state index contributed by atoms with van der Waals surface area (Å²) in [6.07, 6.45) is 4.44. The van der Waals surface area contributed by atoms with Crippen LogP contribution in [0.2, 0.25) is 0 Å². The molecule has 0 saturated carbocycles. The van der Waals surface area contributed by atoms with Gasteiger partial charge in [0.2, 0.25) is 0 Å². The number of anilines is 1. The molecule has 0 bridgehead atoms. The summed E-state index contributed by atoms with van der Waals surface area (Å²) >= 11 is 0. The highest BCUT2D eigenvalue weighted by Gasteiger charge is 2.37. The SMILES string of the molecule is CC[C@H](C)c1ccc(N2C(=O)NC(=O)/C(=C/c3cn(CCOc4cccc(C)c4)c4ccccc34)C2=O)cc1. The van der Waals surface area contributed by atoms with Gasteiger partial charge < -0.3 is 9.30 Å². The summed E-state index contributed by atoms with van der Waals surface area (Å²) in [5.41, 5.74) is 4.23. The van der Waals surface area contributed by atoms with E-state index in [4.69, 9.17) is 4.74 Å². The molecule has 39 heavy (non-hydrogen) atoms. The maximum absolute atomic E-state index is 13.5. The lowest BCUT2D eigenvalue weighted by Gasteiger charge is -2.26. The van der Waals surface area contributed by atoms with Crippen molar-refractivity contribution in [2.24, 2.45) is 0 Å². The second kappa shape index (κ2) is 11.0. The number of aryl methyl sites for hydroxylation is 1. The molecule has 1 aliphatic rings. The van der Waals surface area contributed by atoms with Gasteiger partial charge in [0, 0.05) is 22.7 Å². The molecule has 5 rings (SSSR count). The number of ether oxygens (including phenoxy) is 1. The van der Waals surface area contributed by atoms with Crippen molar-refractivity contribution >= 4 is 40.5 Å². The molecular weight excluding hydrogens is 490 g/mol. The Morgan fingerprint density at radius 3 is 2.49 bits per heavy atom. The van der Waals surface area contributed by atoms with E-state index in [1.165, 1.54) is 0 Å². The summed E-state index contributed by atoms with van der Waals surface area (Å²) < 4.78 is 7.98. The summed E-state index contributed by atoms with van der Waals surface area (Å²) in [6, 6.07) is 22.2. The quantitative estimate of drug-likeness (QED) is 0.221. The number of fused-ring (bicyclic) bond motifs is 1. The fourth-order valence-corrected chi connectivity index (χ4v) is 4.78. The van der Waals surface area contributed by atoms with Crippen LogP contribution < -0.4 is 15.0 Å². The van der Waals surface area contributed by atoms with Crippen molar-refractivity contribution in [3.05, 3.63) is 101 Å². The second-order valence-corrected chi connectivity index (χ2v) is 9.82. The number of rotatable bonds is 8. The van der Waals surface area contributed by atoms with Crippen molar-refractivity contribution in [2.75, 3.05) is 11.5 Å². The average molecular weight is 522 g/mol. The second-order valence-electron chi connectivity index (χ2n) is 9.82. The Kier molecular flexibility index (Phi) is 7.32. The standard InChI is InChI=1S/C32H31N3O4/c1-4-22(3)23-12-14-25(15-13-23)35-31(37)28(30(36)33-32(35)38)19-24-20-34(29-11-6-5-10-27(24)29)16-17-39-26-9-7-8-21(2)18-26/h5-15,18-20,22H,4,16-17H2,1-3H3,(H,33,36,38)/b28-19-/t22-/m0/s1. The van der Waals surface area contributed by atoms with E-state index in [0.29, 0.717) is 30.3 Å². The van der Waals surface area contributed by atoms with Crippen molar-refractivity contribution in [3.63, 3.8) is 0 Å². The number of carbonyl (C=O) groups is 3. The molecule has 3 aromatic carbocycles. The molecule has 0 radical (unpaired) electrons. The summed E-state index contributed by atoms with van der Waals surface area (Å²) in [5, 5.41) is 3.21. The number of aromatic nitrogens is 1. The number of amides is 4. The number of hydrogen-bond donors (Lipinski definition) is 1. The Balaban J connectivity index is 1.43. The Bertz CT molecular complexity index is 1580. The van der Waals surface area contributed by atoms with Gasteiger partial charge in [-0.3, -0.25) is 14.9 Å². The third kappa shape index (κ3) is 5.34. The molecule has 1 fully saturated rings. The van der Waals surface area contributed by atoms with Gasteiger partial charge in [-0.2, -0.15) is 0 Å². The van der Waals surface area contributed by atoms with E-state index in [9.17, 15) is 14.4 Å². The molecular formula is C32H31N3O4. The minimum absolute atomic E-state index is 0.0977. The molecule has 1 saturated heterocycles. The van der Waals surface area contributed by atoms with E-state index < -0.39 is 17.8 Å². The first-order valence-corrected chi connectivity index (χ1v) is 13.1. The number of urea groups is 1. The van der Waals surface area contributed by atoms with Crippen LogP contribution in [0.3, 0.4) is 0 Å². The van der Waals surface area contributed by atoms with Gasteiger partial charge in [0.15, 0.2) is 0 Å². The van der Waals surface area contributed by atoms with Gasteiger partial charge >= 0.3 is 6.03 Å². The Morgan fingerprint density at radius 1 is 0.974 bits per heavy atom. The highest BCUT2D eigenvalue weighted by Crippen LogP contribution is 2.28. The first-order valence-electron chi connectivity index (χ1n) is 13.1. The molecule has 4 aromatic rings. The maximum Gasteiger partial charge on any atom is 0.335 e. The van der Waals surface area contributed by atoms with Gasteiger partial charge in [0.25, 0.3) is 11.8 Å². The molecule has 1 aromatic heterocycles. The van der Waals surface area contributed by atoms with Crippen LogP contribution >= 0.6 is 0 Å². The number of para-hydroxylation sites is 1. The molecule has 7 nitrogen and oxygen atoms in total. The van der Waals surface area contributed by atoms with Gasteiger partial charge in [-0.1, -0.05) is 56.3 Å². The number of nitrogens with zero attached hydrogens (tertiary/aromatic N) is 2. The largest absolute Gasteiger partial charge is 0.492 e. The van der Waals surface area contributed by atoms with E-state index in [2.05, 4.69) is 19.2 Å². The summed E-state index contributed by atoms with van der Waals surface area (Å²) in [5.74, 6) is -0.196. The fraction of sp³-hybridized carbons (Fsp3) is 0.219. The van der Waals surface area contributed by atoms with Crippen molar-refractivity contribution in [2.45, 2.75) is 39.7 Å². The lowest BCUT2D eigenvalue weighted by molar-refractivity contribution is -0.122. The van der Waals surface area contributed by atoms with E-state index in [1.54, 1.807) is 18.2 Å². The van der Waals surface area contributed by atoms with Crippen molar-refractivity contribution in [1.29, 1.82) is 0 Å². The zero-order valence-corrected chi connectivity index (χ0v) is 22.3. The van der Waals surface area contributed by atoms with E-state index in [-0.39, 0.29) is 5.57 Å². The predicted molar refractivity (Wildman–Crippen MR) is 153 cm³/mol. The van der Waals surface area contributed by atoms with Crippen molar-refractivity contribution < 1.29 is 19.1 Å². The molecule has 0 spiro atoms. The van der Waals surface area contributed by atoms with Gasteiger partial charge in [-0.25, -0.2) is 9.69 Å². The van der Waals surface area contributed by atoms with Gasteiger partial charge in [0.1, 0.15) is 17.9 Å². The van der Waals surface area contributed by atoms with Crippen LogP contribution in [0, 0.1) is 6.92 Å². The first kappa shape index (κ1) is 26.0. The molecule has 1 N–H and O–H groups in total. The lowest BCUT2D eigenvalue weighted by atomic mass is 9.98. The smallest absolute Gasteiger partial charge is 0.335 e. The van der Waals surface area contributed by atoms with Gasteiger partial charge in [-0.05, 0) is 66.8 Å². The number of carbonyl (C=O) groups excluding carboxylic acids is 3. The van der Waals surface area contributed by atoms with Gasteiger partial charge in [0.05, 0.1) is 12.2 Å². The molecule has 198 valence electrons. The first-order chi connectivity index (χ1) is 18.9. The zero-order valence-electron chi connectivity index (χ0n) is 22.3. The van der Waals surface area contributed by atoms with E-state index >= 15 is 0 Å². The molecule has 0 unspecified atom stereocenters. The number of nitrogens with one attached hydrogen (secondary N) is 1. The molecule has 0 aliphatic carbocycles. The van der Waals surface area contributed by atoms with Crippen LogP contribution in [0.1, 0.15) is 42.9 Å². The van der Waals surface area contributed by atoms with Crippen LogP contribution in [0.5, 0.6) is 5.75 Å². The van der Waals surface area contributed by atoms with Crippen molar-refractivity contribution in [1.82, 2.24) is 9.88 Å². The molecule has 4 amide bonds. The highest BCUT2D eigenvalue weighted by molar-refractivity contribution is 6.39. The zero-order chi connectivity index (χ0) is 27.5. The van der Waals surface area contributed by atoms with Crippen LogP contribution in [0.4, 0.5) is 10.5 Å².